The zero-order valence-corrected chi connectivity index (χ0v) is 18.9. The molecule has 0 radical (unpaired) electrons. The Hall–Kier alpha value is -3.86. The first kappa shape index (κ1) is 22.9. The third kappa shape index (κ3) is 3.91. The van der Waals surface area contributed by atoms with Crippen LogP contribution in [0.1, 0.15) is 17.0 Å². The van der Waals surface area contributed by atoms with E-state index in [1.54, 1.807) is 23.5 Å². The molecule has 0 unspecified atom stereocenters. The van der Waals surface area contributed by atoms with Gasteiger partial charge in [-0.15, -0.1) is 0 Å². The largest absolute Gasteiger partial charge is 0.416 e. The number of carbonyl (C=O) groups is 1. The average Bonchev–Trinajstić information content (AvgIpc) is 3.38. The number of hydrogen-bond donors (Lipinski definition) is 2. The van der Waals surface area contributed by atoms with Gasteiger partial charge >= 0.3 is 12.2 Å². The van der Waals surface area contributed by atoms with Gasteiger partial charge < -0.3 is 11.1 Å². The summed E-state index contributed by atoms with van der Waals surface area (Å²) in [7, 11) is 0. The Morgan fingerprint density at radius 1 is 1.20 bits per heavy atom. The molecule has 35 heavy (non-hydrogen) atoms. The molecule has 0 spiro atoms. The van der Waals surface area contributed by atoms with Gasteiger partial charge in [-0.1, -0.05) is 17.7 Å². The Kier molecular flexibility index (Phi) is 5.32. The number of halogens is 5. The molecule has 0 fully saturated rings. The number of rotatable bonds is 2. The van der Waals surface area contributed by atoms with Crippen molar-refractivity contribution in [1.29, 1.82) is 0 Å². The highest BCUT2D eigenvalue weighted by molar-refractivity contribution is 6.29. The number of urea groups is 1. The number of nitrogens with two attached hydrogens (primary N) is 1. The van der Waals surface area contributed by atoms with E-state index >= 15 is 0 Å². The van der Waals surface area contributed by atoms with Crippen LogP contribution >= 0.6 is 11.6 Å². The van der Waals surface area contributed by atoms with Gasteiger partial charge in [0, 0.05) is 17.8 Å². The second-order valence-electron chi connectivity index (χ2n) is 8.03. The molecule has 2 aromatic carbocycles. The first-order chi connectivity index (χ1) is 16.5. The van der Waals surface area contributed by atoms with Crippen LogP contribution in [0.25, 0.3) is 16.8 Å². The van der Waals surface area contributed by atoms with E-state index in [-0.39, 0.29) is 12.4 Å². The van der Waals surface area contributed by atoms with Crippen LogP contribution in [0.2, 0.25) is 5.15 Å². The summed E-state index contributed by atoms with van der Waals surface area (Å²) in [6.45, 7) is 2.05. The lowest BCUT2D eigenvalue weighted by atomic mass is 10.1. The van der Waals surface area contributed by atoms with Gasteiger partial charge in [0.05, 0.1) is 17.4 Å². The number of hydrogen-bond acceptors (Lipinski definition) is 4. The molecule has 0 bridgehead atoms. The van der Waals surface area contributed by atoms with E-state index in [0.29, 0.717) is 52.5 Å². The maximum absolute atomic E-state index is 14.1. The number of carbonyl (C=O) groups excluding carboxylic acids is 1. The lowest BCUT2D eigenvalue weighted by Crippen LogP contribution is -2.33. The van der Waals surface area contributed by atoms with Crippen molar-refractivity contribution >= 4 is 40.3 Å². The van der Waals surface area contributed by atoms with E-state index in [4.69, 9.17) is 17.3 Å². The number of nitrogens with one attached hydrogen (secondary N) is 1. The minimum atomic E-state index is -4.66. The van der Waals surface area contributed by atoms with Gasteiger partial charge in [-0.25, -0.2) is 19.2 Å². The van der Waals surface area contributed by atoms with Crippen LogP contribution in [0.5, 0.6) is 0 Å². The van der Waals surface area contributed by atoms with E-state index < -0.39 is 29.3 Å². The average molecular weight is 505 g/mol. The van der Waals surface area contributed by atoms with Crippen LogP contribution in [0.15, 0.2) is 42.6 Å². The number of aromatic nitrogens is 3. The van der Waals surface area contributed by atoms with Gasteiger partial charge in [0.2, 0.25) is 0 Å². The molecule has 4 aromatic rings. The lowest BCUT2D eigenvalue weighted by Gasteiger charge is -2.19. The van der Waals surface area contributed by atoms with Gasteiger partial charge in [-0.3, -0.25) is 9.30 Å². The van der Waals surface area contributed by atoms with Crippen molar-refractivity contribution < 1.29 is 22.4 Å². The highest BCUT2D eigenvalue weighted by atomic mass is 35.5. The molecule has 0 saturated heterocycles. The normalized spacial score (nSPS) is 13.4. The van der Waals surface area contributed by atoms with Crippen LogP contribution < -0.4 is 16.0 Å². The Labute approximate surface area is 201 Å². The molecule has 7 nitrogen and oxygen atoms in total. The summed E-state index contributed by atoms with van der Waals surface area (Å²) >= 11 is 6.26. The summed E-state index contributed by atoms with van der Waals surface area (Å²) in [5, 5.41) is 2.61. The lowest BCUT2D eigenvalue weighted by molar-refractivity contribution is -0.137. The van der Waals surface area contributed by atoms with Crippen LogP contribution in [-0.2, 0) is 12.6 Å². The second-order valence-corrected chi connectivity index (χ2v) is 8.41. The zero-order valence-electron chi connectivity index (χ0n) is 18.1. The molecular formula is C23H17ClF4N6O. The van der Waals surface area contributed by atoms with E-state index in [1.165, 1.54) is 11.1 Å². The van der Waals surface area contributed by atoms with Crippen molar-refractivity contribution in [2.75, 3.05) is 22.5 Å². The Balaban J connectivity index is 1.45. The smallest absolute Gasteiger partial charge is 0.382 e. The minimum Gasteiger partial charge on any atom is -0.382 e. The molecule has 0 aliphatic carbocycles. The summed E-state index contributed by atoms with van der Waals surface area (Å²) in [4.78, 5) is 22.9. The number of benzene rings is 2. The first-order valence-corrected chi connectivity index (χ1v) is 10.8. The van der Waals surface area contributed by atoms with E-state index in [1.807, 2.05) is 6.07 Å². The predicted molar refractivity (Wildman–Crippen MR) is 124 cm³/mol. The van der Waals surface area contributed by atoms with Gasteiger partial charge in [-0.2, -0.15) is 13.2 Å². The number of alkyl halides is 3. The SMILES string of the molecule is Cc1nc(-c2ccc3c(c2)CCN3C(=O)Nc2cc(C(F)(F)F)ccc2F)c2c(N)ncc(Cl)n12. The summed E-state index contributed by atoms with van der Waals surface area (Å²) < 4.78 is 54.8. The molecule has 1 aliphatic rings. The number of aryl methyl sites for hydroxylation is 1. The fraction of sp³-hybridized carbons (Fsp3) is 0.174. The second kappa shape index (κ2) is 8.12. The van der Waals surface area contributed by atoms with Crippen molar-refractivity contribution in [3.8, 4) is 11.3 Å². The number of nitrogens with zero attached hydrogens (tertiary/aromatic N) is 4. The molecule has 12 heteroatoms. The quantitative estimate of drug-likeness (QED) is 0.343. The van der Waals surface area contributed by atoms with Crippen LogP contribution in [0.4, 0.5) is 39.5 Å². The molecule has 1 aliphatic heterocycles. The fourth-order valence-electron chi connectivity index (χ4n) is 4.21. The maximum Gasteiger partial charge on any atom is 0.416 e. The molecule has 2 amide bonds. The Morgan fingerprint density at radius 2 is 1.97 bits per heavy atom. The van der Waals surface area contributed by atoms with E-state index in [9.17, 15) is 22.4 Å². The number of anilines is 3. The van der Waals surface area contributed by atoms with Crippen LogP contribution in [0, 0.1) is 12.7 Å². The summed E-state index contributed by atoms with van der Waals surface area (Å²) in [6, 6.07) is 6.43. The van der Waals surface area contributed by atoms with Crippen molar-refractivity contribution in [3.05, 3.63) is 70.5 Å². The Bertz CT molecular complexity index is 1500. The fourth-order valence-corrected chi connectivity index (χ4v) is 4.47. The highest BCUT2D eigenvalue weighted by Crippen LogP contribution is 2.36. The molecule has 0 atom stereocenters. The number of amides is 2. The van der Waals surface area contributed by atoms with Gasteiger partial charge in [-0.05, 0) is 49.2 Å². The van der Waals surface area contributed by atoms with Gasteiger partial charge in [0.15, 0.2) is 0 Å². The third-order valence-electron chi connectivity index (χ3n) is 5.84. The van der Waals surface area contributed by atoms with E-state index in [2.05, 4.69) is 15.3 Å². The van der Waals surface area contributed by atoms with Crippen molar-refractivity contribution in [2.45, 2.75) is 19.5 Å². The molecule has 0 saturated carbocycles. The maximum atomic E-state index is 14.1. The summed E-state index contributed by atoms with van der Waals surface area (Å²) in [5.41, 5.74) is 7.72. The number of fused-ring (bicyclic) bond motifs is 2. The molecule has 3 N–H and O–H groups in total. The molecule has 2 aromatic heterocycles. The first-order valence-electron chi connectivity index (χ1n) is 10.4. The Morgan fingerprint density at radius 3 is 2.71 bits per heavy atom. The molecular weight excluding hydrogens is 488 g/mol. The van der Waals surface area contributed by atoms with Gasteiger partial charge in [0.25, 0.3) is 0 Å². The van der Waals surface area contributed by atoms with Crippen LogP contribution in [-0.4, -0.2) is 26.9 Å². The monoisotopic (exact) mass is 504 g/mol. The number of nitrogen functional groups attached to an aromatic ring is 1. The van der Waals surface area contributed by atoms with Crippen molar-refractivity contribution in [3.63, 3.8) is 0 Å². The summed E-state index contributed by atoms with van der Waals surface area (Å²) in [5.74, 6) is -0.0821. The summed E-state index contributed by atoms with van der Waals surface area (Å²) in [6.07, 6.45) is -2.74. The highest BCUT2D eigenvalue weighted by Gasteiger charge is 2.32. The van der Waals surface area contributed by atoms with Crippen LogP contribution in [0.3, 0.4) is 0 Å². The molecule has 5 rings (SSSR count). The molecule has 3 heterocycles. The minimum absolute atomic E-state index is 0.259. The van der Waals surface area contributed by atoms with Gasteiger partial charge in [0.1, 0.15) is 33.8 Å². The predicted octanol–water partition coefficient (Wildman–Crippen LogP) is 5.69. The zero-order chi connectivity index (χ0) is 25.1. The third-order valence-corrected chi connectivity index (χ3v) is 6.11. The standard InChI is InChI=1S/C23H17ClF4N6O/c1-11-31-19(20-21(29)30-10-18(24)34(11)20)13-2-5-17-12(8-13)6-7-33(17)22(35)32-16-9-14(23(26,27)28)3-4-15(16)25/h2-5,8-10H,6-7H2,1H3,(H2,29,30)(H,32,35). The number of imidazole rings is 1. The topological polar surface area (TPSA) is 88.5 Å². The molecule has 180 valence electrons. The van der Waals surface area contributed by atoms with Crippen molar-refractivity contribution in [2.24, 2.45) is 0 Å². The van der Waals surface area contributed by atoms with Crippen molar-refractivity contribution in [1.82, 2.24) is 14.4 Å². The van der Waals surface area contributed by atoms with E-state index in [0.717, 1.165) is 11.1 Å².